The molecule has 0 aromatic carbocycles. The number of hydrogen-bond acceptors (Lipinski definition) is 3. The summed E-state index contributed by atoms with van der Waals surface area (Å²) in [5.74, 6) is 0. The van der Waals surface area contributed by atoms with E-state index in [9.17, 15) is 0 Å². The van der Waals surface area contributed by atoms with E-state index in [1.807, 2.05) is 61.0 Å². The standard InChI is InChI=1S/C13H14N2.C2H7N.C2H6/c1-9-4-5-12(8-14-9)13-6-10(2)15-11(3)7-13;1-3-2;1-2/h4-8H,1-3H3;3H,1-2H3;1-2H3. The van der Waals surface area contributed by atoms with Crippen LogP contribution >= 0.6 is 0 Å². The number of aromatic nitrogens is 2. The fourth-order valence-corrected chi connectivity index (χ4v) is 1.64. The van der Waals surface area contributed by atoms with Crippen molar-refractivity contribution in [3.63, 3.8) is 0 Å². The monoisotopic (exact) mass is 273 g/mol. The lowest BCUT2D eigenvalue weighted by Crippen LogP contribution is -1.89. The molecule has 2 aromatic rings. The molecule has 2 aromatic heterocycles. The maximum absolute atomic E-state index is 4.36. The van der Waals surface area contributed by atoms with Crippen molar-refractivity contribution in [3.05, 3.63) is 47.5 Å². The molecule has 1 N–H and O–H groups in total. The van der Waals surface area contributed by atoms with Crippen molar-refractivity contribution in [3.8, 4) is 11.1 Å². The van der Waals surface area contributed by atoms with Crippen molar-refractivity contribution in [1.29, 1.82) is 0 Å². The maximum atomic E-state index is 4.36. The molecular weight excluding hydrogens is 246 g/mol. The predicted molar refractivity (Wildman–Crippen MR) is 88.0 cm³/mol. The smallest absolute Gasteiger partial charge is 0.0382 e. The van der Waals surface area contributed by atoms with Gasteiger partial charge in [-0.05, 0) is 58.6 Å². The third-order valence-corrected chi connectivity index (χ3v) is 2.33. The highest BCUT2D eigenvalue weighted by Gasteiger charge is 2.00. The van der Waals surface area contributed by atoms with Gasteiger partial charge >= 0.3 is 0 Å². The van der Waals surface area contributed by atoms with E-state index in [2.05, 4.69) is 33.5 Å². The van der Waals surface area contributed by atoms with Gasteiger partial charge in [0.25, 0.3) is 0 Å². The van der Waals surface area contributed by atoms with E-state index in [1.165, 1.54) is 5.56 Å². The SMILES string of the molecule is CC.CNC.Cc1ccc(-c2cc(C)nc(C)c2)cn1. The summed E-state index contributed by atoms with van der Waals surface area (Å²) in [7, 11) is 3.75. The summed E-state index contributed by atoms with van der Waals surface area (Å²) in [5, 5.41) is 2.75. The molecular formula is C17H27N3. The zero-order valence-electron chi connectivity index (χ0n) is 13.8. The van der Waals surface area contributed by atoms with Gasteiger partial charge in [0, 0.05) is 28.8 Å². The van der Waals surface area contributed by atoms with Crippen LogP contribution < -0.4 is 5.32 Å². The summed E-state index contributed by atoms with van der Waals surface area (Å²) in [4.78, 5) is 8.65. The minimum Gasteiger partial charge on any atom is -0.323 e. The Labute approximate surface area is 123 Å². The first-order chi connectivity index (χ1) is 9.56. The number of nitrogens with one attached hydrogen (secondary N) is 1. The number of hydrogen-bond donors (Lipinski definition) is 1. The molecule has 0 aliphatic carbocycles. The fourth-order valence-electron chi connectivity index (χ4n) is 1.64. The second-order valence-electron chi connectivity index (χ2n) is 4.33. The topological polar surface area (TPSA) is 37.8 Å². The largest absolute Gasteiger partial charge is 0.323 e. The first-order valence-corrected chi connectivity index (χ1v) is 7.03. The van der Waals surface area contributed by atoms with Gasteiger partial charge in [-0.25, -0.2) is 0 Å². The Hall–Kier alpha value is -1.74. The molecule has 0 radical (unpaired) electrons. The summed E-state index contributed by atoms with van der Waals surface area (Å²) in [6.07, 6.45) is 1.91. The number of rotatable bonds is 1. The quantitative estimate of drug-likeness (QED) is 0.855. The third-order valence-electron chi connectivity index (χ3n) is 2.33. The summed E-state index contributed by atoms with van der Waals surface area (Å²) in [6.45, 7) is 10.0. The first-order valence-electron chi connectivity index (χ1n) is 7.03. The normalized spacial score (nSPS) is 8.95. The summed E-state index contributed by atoms with van der Waals surface area (Å²) in [6, 6.07) is 8.29. The van der Waals surface area contributed by atoms with Crippen LogP contribution in [0.15, 0.2) is 30.5 Å². The van der Waals surface area contributed by atoms with E-state index in [0.29, 0.717) is 0 Å². The van der Waals surface area contributed by atoms with E-state index < -0.39 is 0 Å². The second kappa shape index (κ2) is 10.1. The van der Waals surface area contributed by atoms with Gasteiger partial charge < -0.3 is 5.32 Å². The Bertz CT molecular complexity index is 470. The Morgan fingerprint density at radius 3 is 1.70 bits per heavy atom. The molecule has 110 valence electrons. The number of aryl methyl sites for hydroxylation is 3. The van der Waals surface area contributed by atoms with E-state index in [4.69, 9.17) is 0 Å². The lowest BCUT2D eigenvalue weighted by Gasteiger charge is -2.04. The van der Waals surface area contributed by atoms with Gasteiger partial charge in [0.05, 0.1) is 0 Å². The van der Waals surface area contributed by atoms with Gasteiger partial charge in [0.2, 0.25) is 0 Å². The van der Waals surface area contributed by atoms with Crippen molar-refractivity contribution in [1.82, 2.24) is 15.3 Å². The zero-order chi connectivity index (χ0) is 15.5. The molecule has 20 heavy (non-hydrogen) atoms. The molecule has 0 saturated carbocycles. The van der Waals surface area contributed by atoms with Crippen LogP contribution in [0.3, 0.4) is 0 Å². The van der Waals surface area contributed by atoms with Crippen LogP contribution in [0.5, 0.6) is 0 Å². The number of nitrogens with zero attached hydrogens (tertiary/aromatic N) is 2. The molecule has 0 saturated heterocycles. The van der Waals surface area contributed by atoms with E-state index in [1.54, 1.807) is 0 Å². The Morgan fingerprint density at radius 1 is 0.800 bits per heavy atom. The number of pyridine rings is 2. The molecule has 0 fully saturated rings. The van der Waals surface area contributed by atoms with Crippen molar-refractivity contribution in [2.45, 2.75) is 34.6 Å². The van der Waals surface area contributed by atoms with Crippen LogP contribution in [0.25, 0.3) is 11.1 Å². The average molecular weight is 273 g/mol. The molecule has 2 heterocycles. The van der Waals surface area contributed by atoms with Crippen molar-refractivity contribution >= 4 is 0 Å². The lowest BCUT2D eigenvalue weighted by molar-refractivity contribution is 1.02. The Balaban J connectivity index is 0.000000641. The van der Waals surface area contributed by atoms with Crippen molar-refractivity contribution < 1.29 is 0 Å². The van der Waals surface area contributed by atoms with Crippen LogP contribution in [0.1, 0.15) is 30.9 Å². The van der Waals surface area contributed by atoms with Gasteiger partial charge in [-0.15, -0.1) is 0 Å². The molecule has 0 bridgehead atoms. The summed E-state index contributed by atoms with van der Waals surface area (Å²) >= 11 is 0. The van der Waals surface area contributed by atoms with Crippen molar-refractivity contribution in [2.75, 3.05) is 14.1 Å². The lowest BCUT2D eigenvalue weighted by atomic mass is 10.1. The highest BCUT2D eigenvalue weighted by Crippen LogP contribution is 2.19. The van der Waals surface area contributed by atoms with E-state index in [-0.39, 0.29) is 0 Å². The summed E-state index contributed by atoms with van der Waals surface area (Å²) in [5.41, 5.74) is 5.47. The van der Waals surface area contributed by atoms with E-state index >= 15 is 0 Å². The average Bonchev–Trinajstić information content (AvgIpc) is 2.41. The highest BCUT2D eigenvalue weighted by atomic mass is 14.7. The Kier molecular flexibility index (Phi) is 9.22. The molecule has 2 rings (SSSR count). The molecule has 0 amide bonds. The van der Waals surface area contributed by atoms with Crippen LogP contribution in [-0.2, 0) is 0 Å². The van der Waals surface area contributed by atoms with Crippen LogP contribution in [0.2, 0.25) is 0 Å². The van der Waals surface area contributed by atoms with Gasteiger partial charge in [-0.2, -0.15) is 0 Å². The minimum absolute atomic E-state index is 1.04. The van der Waals surface area contributed by atoms with Crippen LogP contribution in [0, 0.1) is 20.8 Å². The molecule has 0 atom stereocenters. The van der Waals surface area contributed by atoms with Gasteiger partial charge in [-0.3, -0.25) is 9.97 Å². The highest BCUT2D eigenvalue weighted by molar-refractivity contribution is 5.63. The van der Waals surface area contributed by atoms with Gasteiger partial charge in [-0.1, -0.05) is 19.9 Å². The predicted octanol–water partition coefficient (Wildman–Crippen LogP) is 3.93. The van der Waals surface area contributed by atoms with Crippen LogP contribution in [0.4, 0.5) is 0 Å². The van der Waals surface area contributed by atoms with Gasteiger partial charge in [0.1, 0.15) is 0 Å². The Morgan fingerprint density at radius 2 is 1.30 bits per heavy atom. The first kappa shape index (κ1) is 18.3. The van der Waals surface area contributed by atoms with Crippen molar-refractivity contribution in [2.24, 2.45) is 0 Å². The van der Waals surface area contributed by atoms with Gasteiger partial charge in [0.15, 0.2) is 0 Å². The summed E-state index contributed by atoms with van der Waals surface area (Å²) < 4.78 is 0. The zero-order valence-corrected chi connectivity index (χ0v) is 13.8. The molecule has 3 heteroatoms. The molecule has 3 nitrogen and oxygen atoms in total. The fraction of sp³-hybridized carbons (Fsp3) is 0.412. The molecule has 0 aliphatic rings. The molecule has 0 spiro atoms. The third kappa shape index (κ3) is 6.43. The maximum Gasteiger partial charge on any atom is 0.0382 e. The minimum atomic E-state index is 1.04. The van der Waals surface area contributed by atoms with E-state index in [0.717, 1.165) is 22.6 Å². The second-order valence-corrected chi connectivity index (χ2v) is 4.33. The molecule has 0 aliphatic heterocycles. The molecule has 0 unspecified atom stereocenters. The van der Waals surface area contributed by atoms with Crippen LogP contribution in [-0.4, -0.2) is 24.1 Å².